The third kappa shape index (κ3) is 7.92. The highest BCUT2D eigenvalue weighted by molar-refractivity contribution is 5.82. The van der Waals surface area contributed by atoms with Crippen LogP contribution in [0.25, 0.3) is 0 Å². The fraction of sp³-hybridized carbons (Fsp3) is 0.846. The van der Waals surface area contributed by atoms with Gasteiger partial charge in [0.2, 0.25) is 0 Å². The summed E-state index contributed by atoms with van der Waals surface area (Å²) in [5.41, 5.74) is 0. The fourth-order valence-electron chi connectivity index (χ4n) is 1.74. The number of carbonyl (C=O) groups excluding carboxylic acids is 1. The summed E-state index contributed by atoms with van der Waals surface area (Å²) in [5.74, 6) is -0.981. The standard InChI is InChI=1S/C13H26N2O3/c1-4-6-7-9-10(3)14-13(18)15-11(8-5-2)12(16)17/h10-11H,4-9H2,1-3H3,(H,16,17)(H2,14,15,18)/t10?,11-/m1/s1. The van der Waals surface area contributed by atoms with Gasteiger partial charge in [-0.05, 0) is 19.8 Å². The van der Waals surface area contributed by atoms with E-state index in [1.165, 1.54) is 0 Å². The van der Waals surface area contributed by atoms with E-state index in [1.54, 1.807) is 0 Å². The van der Waals surface area contributed by atoms with Crippen LogP contribution < -0.4 is 10.6 Å². The number of hydrogen-bond donors (Lipinski definition) is 3. The van der Waals surface area contributed by atoms with E-state index in [0.29, 0.717) is 6.42 Å². The summed E-state index contributed by atoms with van der Waals surface area (Å²) in [5, 5.41) is 14.2. The molecule has 2 atom stereocenters. The summed E-state index contributed by atoms with van der Waals surface area (Å²) in [6, 6.07) is -1.11. The zero-order chi connectivity index (χ0) is 14.0. The van der Waals surface area contributed by atoms with Crippen LogP contribution in [0, 0.1) is 0 Å². The van der Waals surface area contributed by atoms with Gasteiger partial charge in [-0.2, -0.15) is 0 Å². The summed E-state index contributed by atoms with van der Waals surface area (Å²) >= 11 is 0. The molecule has 0 fully saturated rings. The maximum absolute atomic E-state index is 11.6. The first-order valence-corrected chi connectivity index (χ1v) is 6.81. The van der Waals surface area contributed by atoms with E-state index in [1.807, 2.05) is 13.8 Å². The van der Waals surface area contributed by atoms with Gasteiger partial charge in [-0.15, -0.1) is 0 Å². The molecule has 18 heavy (non-hydrogen) atoms. The van der Waals surface area contributed by atoms with E-state index in [2.05, 4.69) is 17.6 Å². The molecule has 2 amide bonds. The number of nitrogens with one attached hydrogen (secondary N) is 2. The van der Waals surface area contributed by atoms with Gasteiger partial charge in [0.25, 0.3) is 0 Å². The monoisotopic (exact) mass is 258 g/mol. The second-order valence-corrected chi connectivity index (χ2v) is 4.69. The number of hydrogen-bond acceptors (Lipinski definition) is 2. The van der Waals surface area contributed by atoms with Gasteiger partial charge in [0, 0.05) is 6.04 Å². The summed E-state index contributed by atoms with van der Waals surface area (Å²) in [6.45, 7) is 5.96. The Bertz CT molecular complexity index is 257. The van der Waals surface area contributed by atoms with Crippen molar-refractivity contribution >= 4 is 12.0 Å². The summed E-state index contributed by atoms with van der Waals surface area (Å²) < 4.78 is 0. The molecule has 0 aliphatic heterocycles. The minimum Gasteiger partial charge on any atom is -0.480 e. The molecule has 0 aliphatic rings. The molecule has 5 heteroatoms. The van der Waals surface area contributed by atoms with Crippen LogP contribution in [-0.2, 0) is 4.79 Å². The number of carboxylic acid groups (broad SMARTS) is 1. The Morgan fingerprint density at radius 2 is 1.72 bits per heavy atom. The van der Waals surface area contributed by atoms with Crippen molar-refractivity contribution in [1.82, 2.24) is 10.6 Å². The Kier molecular flexibility index (Phi) is 9.06. The van der Waals surface area contributed by atoms with Crippen molar-refractivity contribution < 1.29 is 14.7 Å². The van der Waals surface area contributed by atoms with E-state index < -0.39 is 12.0 Å². The largest absolute Gasteiger partial charge is 0.480 e. The molecule has 0 aliphatic carbocycles. The lowest BCUT2D eigenvalue weighted by Crippen LogP contribution is -2.48. The number of unbranched alkanes of at least 4 members (excludes halogenated alkanes) is 2. The van der Waals surface area contributed by atoms with Gasteiger partial charge in [0.1, 0.15) is 6.04 Å². The van der Waals surface area contributed by atoms with Gasteiger partial charge >= 0.3 is 12.0 Å². The van der Waals surface area contributed by atoms with E-state index in [9.17, 15) is 9.59 Å². The molecule has 0 aromatic rings. The van der Waals surface area contributed by atoms with Gasteiger partial charge in [-0.25, -0.2) is 9.59 Å². The Morgan fingerprint density at radius 3 is 2.22 bits per heavy atom. The summed E-state index contributed by atoms with van der Waals surface area (Å²) in [6.07, 6.45) is 5.48. The zero-order valence-electron chi connectivity index (χ0n) is 11.7. The molecule has 0 heterocycles. The van der Waals surface area contributed by atoms with Crippen LogP contribution in [0.4, 0.5) is 4.79 Å². The molecule has 0 aromatic carbocycles. The smallest absolute Gasteiger partial charge is 0.326 e. The molecular weight excluding hydrogens is 232 g/mol. The predicted molar refractivity (Wildman–Crippen MR) is 71.6 cm³/mol. The van der Waals surface area contributed by atoms with E-state index in [-0.39, 0.29) is 12.1 Å². The second kappa shape index (κ2) is 9.74. The SMILES string of the molecule is CCCCCC(C)NC(=O)N[C@H](CCC)C(=O)O. The lowest BCUT2D eigenvalue weighted by atomic mass is 10.1. The van der Waals surface area contributed by atoms with Crippen LogP contribution in [0.15, 0.2) is 0 Å². The van der Waals surface area contributed by atoms with Gasteiger partial charge < -0.3 is 15.7 Å². The molecule has 0 saturated heterocycles. The molecule has 0 aromatic heterocycles. The third-order valence-electron chi connectivity index (χ3n) is 2.80. The Hall–Kier alpha value is -1.26. The highest BCUT2D eigenvalue weighted by Gasteiger charge is 2.19. The quantitative estimate of drug-likeness (QED) is 0.556. The van der Waals surface area contributed by atoms with Crippen molar-refractivity contribution in [3.63, 3.8) is 0 Å². The van der Waals surface area contributed by atoms with Gasteiger partial charge in [0.05, 0.1) is 0 Å². The van der Waals surface area contributed by atoms with Crippen LogP contribution in [0.5, 0.6) is 0 Å². The lowest BCUT2D eigenvalue weighted by Gasteiger charge is -2.18. The van der Waals surface area contributed by atoms with Crippen LogP contribution in [-0.4, -0.2) is 29.2 Å². The third-order valence-corrected chi connectivity index (χ3v) is 2.80. The lowest BCUT2D eigenvalue weighted by molar-refractivity contribution is -0.139. The maximum atomic E-state index is 11.6. The normalized spacial score (nSPS) is 13.7. The topological polar surface area (TPSA) is 78.4 Å². The molecule has 106 valence electrons. The zero-order valence-corrected chi connectivity index (χ0v) is 11.7. The van der Waals surface area contributed by atoms with Crippen LogP contribution in [0.3, 0.4) is 0 Å². The Morgan fingerprint density at radius 1 is 1.06 bits per heavy atom. The molecule has 0 saturated carbocycles. The minimum atomic E-state index is -0.981. The number of carbonyl (C=O) groups is 2. The molecule has 3 N–H and O–H groups in total. The average Bonchev–Trinajstić information content (AvgIpc) is 2.28. The molecule has 0 radical (unpaired) electrons. The van der Waals surface area contributed by atoms with E-state index >= 15 is 0 Å². The summed E-state index contributed by atoms with van der Waals surface area (Å²) in [4.78, 5) is 22.5. The predicted octanol–water partition coefficient (Wildman–Crippen LogP) is 2.51. The van der Waals surface area contributed by atoms with Gasteiger partial charge in [-0.3, -0.25) is 0 Å². The molecular formula is C13H26N2O3. The number of rotatable bonds is 9. The molecule has 5 nitrogen and oxygen atoms in total. The van der Waals surface area contributed by atoms with Crippen LogP contribution in [0.2, 0.25) is 0 Å². The van der Waals surface area contributed by atoms with Crippen molar-refractivity contribution in [2.75, 3.05) is 0 Å². The number of urea groups is 1. The van der Waals surface area contributed by atoms with Gasteiger partial charge in [0.15, 0.2) is 0 Å². The summed E-state index contributed by atoms with van der Waals surface area (Å²) in [7, 11) is 0. The highest BCUT2D eigenvalue weighted by atomic mass is 16.4. The molecule has 0 bridgehead atoms. The average molecular weight is 258 g/mol. The van der Waals surface area contributed by atoms with Crippen LogP contribution >= 0.6 is 0 Å². The van der Waals surface area contributed by atoms with E-state index in [0.717, 1.165) is 32.1 Å². The molecule has 1 unspecified atom stereocenters. The van der Waals surface area contributed by atoms with Crippen molar-refractivity contribution in [3.8, 4) is 0 Å². The van der Waals surface area contributed by atoms with Crippen molar-refractivity contribution in [2.24, 2.45) is 0 Å². The Balaban J connectivity index is 3.96. The van der Waals surface area contributed by atoms with Crippen LogP contribution in [0.1, 0.15) is 59.3 Å². The number of amides is 2. The van der Waals surface area contributed by atoms with Crippen molar-refractivity contribution in [2.45, 2.75) is 71.4 Å². The number of aliphatic carboxylic acids is 1. The fourth-order valence-corrected chi connectivity index (χ4v) is 1.74. The van der Waals surface area contributed by atoms with Crippen molar-refractivity contribution in [3.05, 3.63) is 0 Å². The van der Waals surface area contributed by atoms with E-state index in [4.69, 9.17) is 5.11 Å². The number of carboxylic acids is 1. The first kappa shape index (κ1) is 16.7. The maximum Gasteiger partial charge on any atom is 0.326 e. The first-order valence-electron chi connectivity index (χ1n) is 6.81. The second-order valence-electron chi connectivity index (χ2n) is 4.69. The minimum absolute atomic E-state index is 0.0765. The molecule has 0 rings (SSSR count). The molecule has 0 spiro atoms. The van der Waals surface area contributed by atoms with Gasteiger partial charge in [-0.1, -0.05) is 39.5 Å². The first-order chi connectivity index (χ1) is 8.51. The van der Waals surface area contributed by atoms with Crippen molar-refractivity contribution in [1.29, 1.82) is 0 Å². The highest BCUT2D eigenvalue weighted by Crippen LogP contribution is 2.03. The Labute approximate surface area is 109 Å².